The summed E-state index contributed by atoms with van der Waals surface area (Å²) >= 11 is 1.73. The van der Waals surface area contributed by atoms with Crippen LogP contribution in [0.5, 0.6) is 0 Å². The number of rotatable bonds is 7. The Hall–Kier alpha value is -1.56. The largest absolute Gasteiger partial charge is 0.297 e. The van der Waals surface area contributed by atoms with E-state index < -0.39 is 10.1 Å². The summed E-state index contributed by atoms with van der Waals surface area (Å²) in [5, 5.41) is 0.117. The van der Waals surface area contributed by atoms with Gasteiger partial charge in [-0.2, -0.15) is 8.42 Å². The van der Waals surface area contributed by atoms with Crippen molar-refractivity contribution >= 4 is 21.9 Å². The maximum Gasteiger partial charge on any atom is 0.297 e. The van der Waals surface area contributed by atoms with Gasteiger partial charge in [0.25, 0.3) is 10.1 Å². The lowest BCUT2D eigenvalue weighted by molar-refractivity contribution is 0.103. The number of aryl methyl sites for hydroxylation is 1. The van der Waals surface area contributed by atoms with E-state index in [2.05, 4.69) is 18.7 Å². The van der Waals surface area contributed by atoms with Crippen molar-refractivity contribution in [3.05, 3.63) is 72.8 Å². The molecule has 2 aromatic rings. The molecule has 0 aliphatic heterocycles. The van der Waals surface area contributed by atoms with Crippen molar-refractivity contribution in [1.29, 1.82) is 0 Å². The zero-order valence-corrected chi connectivity index (χ0v) is 17.2. The number of hydrogen-bond donors (Lipinski definition) is 0. The van der Waals surface area contributed by atoms with Gasteiger partial charge in [0.15, 0.2) is 0 Å². The van der Waals surface area contributed by atoms with E-state index in [0.717, 1.165) is 36.1 Å². The average molecular weight is 403 g/mol. The van der Waals surface area contributed by atoms with Gasteiger partial charge in [0.2, 0.25) is 0 Å². The summed E-state index contributed by atoms with van der Waals surface area (Å²) in [7, 11) is -3.77. The van der Waals surface area contributed by atoms with Crippen molar-refractivity contribution in [2.45, 2.75) is 53.8 Å². The first-order valence-electron chi connectivity index (χ1n) is 9.34. The lowest BCUT2D eigenvalue weighted by Crippen LogP contribution is -2.35. The molecule has 1 unspecified atom stereocenters. The number of thioether (sulfide) groups is 1. The van der Waals surface area contributed by atoms with Crippen LogP contribution in [0.15, 0.2) is 77.0 Å². The Morgan fingerprint density at radius 1 is 1.07 bits per heavy atom. The molecule has 1 fully saturated rings. The fourth-order valence-corrected chi connectivity index (χ4v) is 5.87. The molecule has 2 aromatic carbocycles. The molecule has 1 aliphatic carbocycles. The van der Waals surface area contributed by atoms with E-state index in [1.165, 1.54) is 0 Å². The molecule has 0 radical (unpaired) electrons. The van der Waals surface area contributed by atoms with E-state index in [1.54, 1.807) is 36.0 Å². The molecule has 3 atom stereocenters. The van der Waals surface area contributed by atoms with Crippen LogP contribution in [0.3, 0.4) is 0 Å². The molecule has 0 N–H and O–H groups in total. The zero-order valence-electron chi connectivity index (χ0n) is 15.6. The van der Waals surface area contributed by atoms with Crippen LogP contribution < -0.4 is 0 Å². The predicted octanol–water partition coefficient (Wildman–Crippen LogP) is 5.61. The van der Waals surface area contributed by atoms with E-state index >= 15 is 0 Å². The second-order valence-corrected chi connectivity index (χ2v) is 9.80. The molecule has 144 valence electrons. The van der Waals surface area contributed by atoms with Crippen molar-refractivity contribution in [2.75, 3.05) is 0 Å². The molecular weight excluding hydrogens is 376 g/mol. The highest BCUT2D eigenvalue weighted by atomic mass is 32.2. The Kier molecular flexibility index (Phi) is 6.79. The first kappa shape index (κ1) is 20.2. The first-order chi connectivity index (χ1) is 13.0. The Morgan fingerprint density at radius 2 is 1.74 bits per heavy atom. The molecule has 3 nitrogen and oxygen atoms in total. The molecule has 0 heterocycles. The normalized spacial score (nSPS) is 21.5. The third-order valence-electron chi connectivity index (χ3n) is 4.98. The lowest BCUT2D eigenvalue weighted by Gasteiger charge is -2.35. The Bertz CT molecular complexity index is 845. The van der Waals surface area contributed by atoms with Crippen molar-refractivity contribution in [1.82, 2.24) is 0 Å². The van der Waals surface area contributed by atoms with Crippen LogP contribution in [0.2, 0.25) is 0 Å². The van der Waals surface area contributed by atoms with E-state index in [-0.39, 0.29) is 22.2 Å². The molecule has 1 saturated carbocycles. The molecule has 3 rings (SSSR count). The highest BCUT2D eigenvalue weighted by molar-refractivity contribution is 8.00. The topological polar surface area (TPSA) is 43.4 Å². The minimum Gasteiger partial charge on any atom is -0.263 e. The summed E-state index contributed by atoms with van der Waals surface area (Å²) in [5.41, 5.74) is 1.02. The van der Waals surface area contributed by atoms with Crippen LogP contribution in [0.25, 0.3) is 0 Å². The van der Waals surface area contributed by atoms with Crippen LogP contribution in [0.4, 0.5) is 0 Å². The molecule has 0 spiro atoms. The maximum atomic E-state index is 12.8. The van der Waals surface area contributed by atoms with Gasteiger partial charge in [-0.25, -0.2) is 0 Å². The van der Waals surface area contributed by atoms with E-state index in [4.69, 9.17) is 4.18 Å². The highest BCUT2D eigenvalue weighted by Crippen LogP contribution is 2.39. The fraction of sp³-hybridized carbons (Fsp3) is 0.364. The van der Waals surface area contributed by atoms with Crippen LogP contribution >= 0.6 is 11.8 Å². The van der Waals surface area contributed by atoms with Gasteiger partial charge in [0.1, 0.15) is 0 Å². The Labute approximate surface area is 167 Å². The lowest BCUT2D eigenvalue weighted by atomic mass is 9.84. The molecular formula is C22H26O3S2. The Balaban J connectivity index is 1.77. The van der Waals surface area contributed by atoms with Gasteiger partial charge in [-0.1, -0.05) is 54.8 Å². The van der Waals surface area contributed by atoms with Crippen LogP contribution in [0.1, 0.15) is 31.2 Å². The summed E-state index contributed by atoms with van der Waals surface area (Å²) in [4.78, 5) is 1.39. The SMILES string of the molecule is C=CC(Sc1ccccc1)[C@@H]1CCCC[C@H]1OS(=O)(=O)c1ccc(C)cc1. The highest BCUT2D eigenvalue weighted by Gasteiger charge is 2.35. The molecule has 0 aromatic heterocycles. The Morgan fingerprint density at radius 3 is 2.41 bits per heavy atom. The van der Waals surface area contributed by atoms with Gasteiger partial charge in [0, 0.05) is 16.1 Å². The standard InChI is InChI=1S/C22H26O3S2/c1-3-22(26-18-9-5-4-6-10-18)20-11-7-8-12-21(20)25-27(23,24)19-15-13-17(2)14-16-19/h3-6,9-10,13-16,20-22H,1,7-8,11-12H2,2H3/t20-,21-,22?/m1/s1. The van der Waals surface area contributed by atoms with Crippen molar-refractivity contribution < 1.29 is 12.6 Å². The minimum absolute atomic E-state index is 0.117. The van der Waals surface area contributed by atoms with E-state index in [1.807, 2.05) is 31.2 Å². The monoisotopic (exact) mass is 402 g/mol. The van der Waals surface area contributed by atoms with Crippen LogP contribution in [0, 0.1) is 12.8 Å². The van der Waals surface area contributed by atoms with Crippen molar-refractivity contribution in [3.63, 3.8) is 0 Å². The third kappa shape index (κ3) is 5.24. The smallest absolute Gasteiger partial charge is 0.263 e. The summed E-state index contributed by atoms with van der Waals surface area (Å²) in [6, 6.07) is 17.0. The van der Waals surface area contributed by atoms with Gasteiger partial charge in [-0.05, 0) is 44.0 Å². The third-order valence-corrected chi connectivity index (χ3v) is 7.69. The predicted molar refractivity (Wildman–Crippen MR) is 111 cm³/mol. The molecule has 5 heteroatoms. The van der Waals surface area contributed by atoms with Gasteiger partial charge in [-0.15, -0.1) is 18.3 Å². The summed E-state index contributed by atoms with van der Waals surface area (Å²) in [6.45, 7) is 5.94. The molecule has 27 heavy (non-hydrogen) atoms. The van der Waals surface area contributed by atoms with Gasteiger partial charge < -0.3 is 0 Å². The maximum absolute atomic E-state index is 12.8. The minimum atomic E-state index is -3.77. The molecule has 0 saturated heterocycles. The molecule has 0 amide bonds. The van der Waals surface area contributed by atoms with Gasteiger partial charge >= 0.3 is 0 Å². The second kappa shape index (κ2) is 9.09. The van der Waals surface area contributed by atoms with Crippen LogP contribution in [-0.4, -0.2) is 19.8 Å². The van der Waals surface area contributed by atoms with Crippen molar-refractivity contribution in [2.24, 2.45) is 5.92 Å². The molecule has 0 bridgehead atoms. The molecule has 1 aliphatic rings. The quantitative estimate of drug-likeness (QED) is 0.343. The van der Waals surface area contributed by atoms with E-state index in [9.17, 15) is 8.42 Å². The average Bonchev–Trinajstić information content (AvgIpc) is 2.67. The summed E-state index contributed by atoms with van der Waals surface area (Å²) in [6.07, 6.45) is 5.41. The first-order valence-corrected chi connectivity index (χ1v) is 11.6. The summed E-state index contributed by atoms with van der Waals surface area (Å²) in [5.74, 6) is 0.127. The van der Waals surface area contributed by atoms with Crippen LogP contribution in [-0.2, 0) is 14.3 Å². The number of hydrogen-bond acceptors (Lipinski definition) is 4. The summed E-state index contributed by atoms with van der Waals surface area (Å²) < 4.78 is 31.3. The van der Waals surface area contributed by atoms with Gasteiger partial charge in [0.05, 0.1) is 11.0 Å². The van der Waals surface area contributed by atoms with Crippen molar-refractivity contribution in [3.8, 4) is 0 Å². The zero-order chi connectivity index (χ0) is 19.3. The van der Waals surface area contributed by atoms with Gasteiger partial charge in [-0.3, -0.25) is 4.18 Å². The van der Waals surface area contributed by atoms with E-state index in [0.29, 0.717) is 0 Å². The fourth-order valence-electron chi connectivity index (χ4n) is 3.51. The second-order valence-electron chi connectivity index (χ2n) is 6.98. The number of benzene rings is 2.